The SMILES string of the molecule is Cc1cc(N[C@@H]2CC(Cn3cccn3)C[C@H]2O)c2ccc(F)c(F)c2n1. The second-order valence-corrected chi connectivity index (χ2v) is 6.95. The summed E-state index contributed by atoms with van der Waals surface area (Å²) < 4.78 is 29.5. The minimum Gasteiger partial charge on any atom is -0.391 e. The molecule has 1 unspecified atom stereocenters. The summed E-state index contributed by atoms with van der Waals surface area (Å²) in [6.07, 6.45) is 4.57. The molecule has 1 aliphatic carbocycles. The van der Waals surface area contributed by atoms with Crippen molar-refractivity contribution in [1.82, 2.24) is 14.8 Å². The Morgan fingerprint density at radius 1 is 1.31 bits per heavy atom. The maximum Gasteiger partial charge on any atom is 0.185 e. The summed E-state index contributed by atoms with van der Waals surface area (Å²) in [4.78, 5) is 4.13. The lowest BCUT2D eigenvalue weighted by atomic mass is 10.1. The van der Waals surface area contributed by atoms with Crippen LogP contribution in [-0.2, 0) is 6.54 Å². The molecular weight excluding hydrogens is 338 g/mol. The first-order valence-corrected chi connectivity index (χ1v) is 8.68. The molecule has 2 aromatic heterocycles. The number of nitrogens with one attached hydrogen (secondary N) is 1. The molecule has 5 nitrogen and oxygen atoms in total. The smallest absolute Gasteiger partial charge is 0.185 e. The summed E-state index contributed by atoms with van der Waals surface area (Å²) in [6, 6.07) is 6.14. The number of benzene rings is 1. The van der Waals surface area contributed by atoms with Crippen molar-refractivity contribution in [2.24, 2.45) is 5.92 Å². The number of hydrogen-bond acceptors (Lipinski definition) is 4. The van der Waals surface area contributed by atoms with Crippen LogP contribution in [0.15, 0.2) is 36.7 Å². The van der Waals surface area contributed by atoms with Crippen LogP contribution >= 0.6 is 0 Å². The molecule has 1 saturated carbocycles. The number of nitrogens with zero attached hydrogens (tertiary/aromatic N) is 3. The van der Waals surface area contributed by atoms with Crippen molar-refractivity contribution in [3.63, 3.8) is 0 Å². The van der Waals surface area contributed by atoms with Crippen LogP contribution in [0.25, 0.3) is 10.9 Å². The minimum atomic E-state index is -0.947. The Labute approximate surface area is 149 Å². The van der Waals surface area contributed by atoms with E-state index in [1.54, 1.807) is 19.2 Å². The Morgan fingerprint density at radius 3 is 2.92 bits per heavy atom. The molecule has 0 amide bonds. The predicted octanol–water partition coefficient (Wildman–Crippen LogP) is 3.27. The summed E-state index contributed by atoms with van der Waals surface area (Å²) in [7, 11) is 0. The first-order valence-electron chi connectivity index (χ1n) is 8.68. The van der Waals surface area contributed by atoms with E-state index in [-0.39, 0.29) is 11.6 Å². The van der Waals surface area contributed by atoms with E-state index in [1.807, 2.05) is 16.9 Å². The van der Waals surface area contributed by atoms with E-state index in [1.165, 1.54) is 6.07 Å². The van der Waals surface area contributed by atoms with Gasteiger partial charge >= 0.3 is 0 Å². The lowest BCUT2D eigenvalue weighted by molar-refractivity contribution is 0.166. The third-order valence-electron chi connectivity index (χ3n) is 4.97. The molecule has 0 aliphatic heterocycles. The van der Waals surface area contributed by atoms with Gasteiger partial charge in [-0.05, 0) is 49.9 Å². The predicted molar refractivity (Wildman–Crippen MR) is 94.8 cm³/mol. The summed E-state index contributed by atoms with van der Waals surface area (Å²) >= 11 is 0. The van der Waals surface area contributed by atoms with Crippen LogP contribution in [0.2, 0.25) is 0 Å². The van der Waals surface area contributed by atoms with Gasteiger partial charge in [0.2, 0.25) is 0 Å². The number of anilines is 1. The molecule has 0 bridgehead atoms. The van der Waals surface area contributed by atoms with Crippen molar-refractivity contribution in [2.75, 3.05) is 5.32 Å². The Hall–Kier alpha value is -2.54. The maximum absolute atomic E-state index is 14.1. The van der Waals surface area contributed by atoms with E-state index >= 15 is 0 Å². The van der Waals surface area contributed by atoms with Gasteiger partial charge in [0, 0.05) is 35.7 Å². The molecule has 1 aromatic carbocycles. The van der Waals surface area contributed by atoms with Crippen LogP contribution in [-0.4, -0.2) is 32.0 Å². The molecule has 0 saturated heterocycles. The molecule has 136 valence electrons. The third-order valence-corrected chi connectivity index (χ3v) is 4.97. The highest BCUT2D eigenvalue weighted by atomic mass is 19.2. The maximum atomic E-state index is 14.1. The monoisotopic (exact) mass is 358 g/mol. The fraction of sp³-hybridized carbons (Fsp3) is 0.368. The highest BCUT2D eigenvalue weighted by Gasteiger charge is 2.33. The Morgan fingerprint density at radius 2 is 2.15 bits per heavy atom. The van der Waals surface area contributed by atoms with Gasteiger partial charge in [-0.25, -0.2) is 13.8 Å². The van der Waals surface area contributed by atoms with Crippen LogP contribution in [0.1, 0.15) is 18.5 Å². The van der Waals surface area contributed by atoms with Crippen molar-refractivity contribution in [2.45, 2.75) is 38.5 Å². The van der Waals surface area contributed by atoms with Crippen LogP contribution in [0, 0.1) is 24.5 Å². The van der Waals surface area contributed by atoms with Crippen LogP contribution < -0.4 is 5.32 Å². The standard InChI is InChI=1S/C19H20F2N4O/c1-11-7-15(13-3-4-14(20)18(21)19(13)23-11)24-16-8-12(9-17(16)26)10-25-6-2-5-22-25/h2-7,12,16-17,26H,8-10H2,1H3,(H,23,24)/t12?,16-,17-/m1/s1. The van der Waals surface area contributed by atoms with E-state index in [0.717, 1.165) is 19.0 Å². The normalized spacial score (nSPS) is 22.8. The molecule has 3 atom stereocenters. The van der Waals surface area contributed by atoms with Gasteiger partial charge < -0.3 is 10.4 Å². The number of hydrogen-bond donors (Lipinski definition) is 2. The molecule has 7 heteroatoms. The number of aryl methyl sites for hydroxylation is 1. The van der Waals surface area contributed by atoms with E-state index in [0.29, 0.717) is 29.1 Å². The topological polar surface area (TPSA) is 63.0 Å². The Kier molecular flexibility index (Phi) is 4.32. The first kappa shape index (κ1) is 16.9. The number of fused-ring (bicyclic) bond motifs is 1. The molecule has 1 aliphatic rings. The van der Waals surface area contributed by atoms with E-state index in [4.69, 9.17) is 0 Å². The van der Waals surface area contributed by atoms with E-state index in [2.05, 4.69) is 15.4 Å². The number of aliphatic hydroxyl groups is 1. The Balaban J connectivity index is 1.58. The van der Waals surface area contributed by atoms with Crippen LogP contribution in [0.3, 0.4) is 0 Å². The molecule has 26 heavy (non-hydrogen) atoms. The second kappa shape index (κ2) is 6.64. The van der Waals surface area contributed by atoms with E-state index in [9.17, 15) is 13.9 Å². The van der Waals surface area contributed by atoms with Crippen molar-refractivity contribution in [3.05, 3.63) is 54.0 Å². The fourth-order valence-electron chi connectivity index (χ4n) is 3.78. The molecule has 0 spiro atoms. The summed E-state index contributed by atoms with van der Waals surface area (Å²) in [5, 5.41) is 18.5. The molecular formula is C19H20F2N4O. The quantitative estimate of drug-likeness (QED) is 0.751. The third kappa shape index (κ3) is 3.14. The summed E-state index contributed by atoms with van der Waals surface area (Å²) in [6.45, 7) is 2.48. The second-order valence-electron chi connectivity index (χ2n) is 6.95. The van der Waals surface area contributed by atoms with Crippen LogP contribution in [0.5, 0.6) is 0 Å². The van der Waals surface area contributed by atoms with Crippen LogP contribution in [0.4, 0.5) is 14.5 Å². The Bertz CT molecular complexity index is 929. The largest absolute Gasteiger partial charge is 0.391 e. The number of rotatable bonds is 4. The van der Waals surface area contributed by atoms with Crippen molar-refractivity contribution in [3.8, 4) is 0 Å². The molecule has 1 fully saturated rings. The molecule has 0 radical (unpaired) electrons. The molecule has 2 N–H and O–H groups in total. The van der Waals surface area contributed by atoms with Gasteiger partial charge in [-0.3, -0.25) is 4.68 Å². The molecule has 3 aromatic rings. The van der Waals surface area contributed by atoms with Gasteiger partial charge in [0.05, 0.1) is 12.1 Å². The van der Waals surface area contributed by atoms with Gasteiger partial charge in [0.1, 0.15) is 5.52 Å². The molecule has 4 rings (SSSR count). The fourth-order valence-corrected chi connectivity index (χ4v) is 3.78. The molecule has 2 heterocycles. The highest BCUT2D eigenvalue weighted by Crippen LogP contribution is 2.33. The zero-order valence-electron chi connectivity index (χ0n) is 14.4. The minimum absolute atomic E-state index is 0.00748. The van der Waals surface area contributed by atoms with Gasteiger partial charge in [0.25, 0.3) is 0 Å². The summed E-state index contributed by atoms with van der Waals surface area (Å²) in [5.74, 6) is -1.56. The lowest BCUT2D eigenvalue weighted by Gasteiger charge is -2.20. The van der Waals surface area contributed by atoms with Crippen molar-refractivity contribution >= 4 is 16.6 Å². The number of halogens is 2. The average molecular weight is 358 g/mol. The zero-order valence-corrected chi connectivity index (χ0v) is 14.4. The number of aromatic nitrogens is 3. The van der Waals surface area contributed by atoms with Gasteiger partial charge in [-0.2, -0.15) is 5.10 Å². The van der Waals surface area contributed by atoms with Gasteiger partial charge in [0.15, 0.2) is 11.6 Å². The lowest BCUT2D eigenvalue weighted by Crippen LogP contribution is -2.28. The zero-order chi connectivity index (χ0) is 18.3. The van der Waals surface area contributed by atoms with Crippen molar-refractivity contribution in [1.29, 1.82) is 0 Å². The average Bonchev–Trinajstić information content (AvgIpc) is 3.22. The summed E-state index contributed by atoms with van der Waals surface area (Å²) in [5.41, 5.74) is 1.26. The number of pyridine rings is 1. The van der Waals surface area contributed by atoms with Crippen molar-refractivity contribution < 1.29 is 13.9 Å². The van der Waals surface area contributed by atoms with Gasteiger partial charge in [-0.1, -0.05) is 0 Å². The van der Waals surface area contributed by atoms with E-state index < -0.39 is 17.7 Å². The highest BCUT2D eigenvalue weighted by molar-refractivity contribution is 5.92. The van der Waals surface area contributed by atoms with Gasteiger partial charge in [-0.15, -0.1) is 0 Å². The first-order chi connectivity index (χ1) is 12.5. The number of aliphatic hydroxyl groups excluding tert-OH is 1.